The number of hydrogen-bond donors (Lipinski definition) is 1. The predicted molar refractivity (Wildman–Crippen MR) is 85.4 cm³/mol. The van der Waals surface area contributed by atoms with Crippen molar-refractivity contribution in [3.8, 4) is 0 Å². The van der Waals surface area contributed by atoms with Crippen molar-refractivity contribution in [2.75, 3.05) is 6.54 Å². The molecule has 0 amide bonds. The molecule has 19 heavy (non-hydrogen) atoms. The maximum Gasteiger partial charge on any atom is 0.0417 e. The minimum absolute atomic E-state index is 0.491. The normalized spacial score (nSPS) is 12.9. The molecule has 0 saturated heterocycles. The molecule has 100 valence electrons. The Morgan fingerprint density at radius 2 is 2.00 bits per heavy atom. The molecule has 0 aliphatic rings. The first-order valence-corrected chi connectivity index (χ1v) is 7.76. The zero-order valence-corrected chi connectivity index (χ0v) is 12.2. The lowest BCUT2D eigenvalue weighted by Gasteiger charge is -2.15. The van der Waals surface area contributed by atoms with E-state index in [4.69, 9.17) is 0 Å². The van der Waals surface area contributed by atoms with E-state index in [1.54, 1.807) is 0 Å². The Bertz CT molecular complexity index is 473. The number of thiophene rings is 1. The van der Waals surface area contributed by atoms with E-state index in [1.165, 1.54) is 23.3 Å². The van der Waals surface area contributed by atoms with Crippen LogP contribution in [0.5, 0.6) is 0 Å². The topological polar surface area (TPSA) is 12.0 Å². The molecule has 0 spiro atoms. The third kappa shape index (κ3) is 4.66. The molecular weight excluding hydrogens is 250 g/mol. The summed E-state index contributed by atoms with van der Waals surface area (Å²) in [7, 11) is 0. The molecule has 1 N–H and O–H groups in total. The van der Waals surface area contributed by atoms with Crippen molar-refractivity contribution < 1.29 is 0 Å². The molecular formula is C17H21NS. The van der Waals surface area contributed by atoms with Crippen molar-refractivity contribution in [2.24, 2.45) is 0 Å². The largest absolute Gasteiger partial charge is 0.306 e. The summed E-state index contributed by atoms with van der Waals surface area (Å²) in [6, 6.07) is 15.3. The van der Waals surface area contributed by atoms with Crippen LogP contribution in [0.25, 0.3) is 6.08 Å². The second-order valence-electron chi connectivity index (χ2n) is 4.58. The van der Waals surface area contributed by atoms with Crippen LogP contribution in [-0.2, 0) is 0 Å². The number of hydrogen-bond acceptors (Lipinski definition) is 2. The Hall–Kier alpha value is -1.38. The van der Waals surface area contributed by atoms with Gasteiger partial charge in [-0.25, -0.2) is 0 Å². The summed E-state index contributed by atoms with van der Waals surface area (Å²) in [4.78, 5) is 1.44. The van der Waals surface area contributed by atoms with Gasteiger partial charge in [0.05, 0.1) is 0 Å². The summed E-state index contributed by atoms with van der Waals surface area (Å²) >= 11 is 1.84. The monoisotopic (exact) mass is 271 g/mol. The molecule has 0 aliphatic heterocycles. The van der Waals surface area contributed by atoms with Crippen LogP contribution in [-0.4, -0.2) is 6.54 Å². The molecule has 2 heteroatoms. The lowest BCUT2D eigenvalue weighted by Crippen LogP contribution is -2.20. The predicted octanol–water partition coefficient (Wildman–Crippen LogP) is 4.89. The summed E-state index contributed by atoms with van der Waals surface area (Å²) in [5.74, 6) is 0. The highest BCUT2D eigenvalue weighted by Gasteiger charge is 2.09. The fourth-order valence-corrected chi connectivity index (χ4v) is 2.93. The van der Waals surface area contributed by atoms with Crippen molar-refractivity contribution in [3.05, 3.63) is 64.4 Å². The van der Waals surface area contributed by atoms with Gasteiger partial charge in [-0.05, 0) is 23.4 Å². The second-order valence-corrected chi connectivity index (χ2v) is 5.56. The van der Waals surface area contributed by atoms with Crippen molar-refractivity contribution in [2.45, 2.75) is 25.8 Å². The summed E-state index contributed by atoms with van der Waals surface area (Å²) in [5, 5.41) is 5.77. The van der Waals surface area contributed by atoms with Gasteiger partial charge in [-0.2, -0.15) is 0 Å². The van der Waals surface area contributed by atoms with Crippen LogP contribution < -0.4 is 5.32 Å². The fourth-order valence-electron chi connectivity index (χ4n) is 2.09. The van der Waals surface area contributed by atoms with E-state index in [0.717, 1.165) is 6.54 Å². The van der Waals surface area contributed by atoms with E-state index in [2.05, 4.69) is 66.2 Å². The van der Waals surface area contributed by atoms with Crippen LogP contribution >= 0.6 is 11.3 Å². The van der Waals surface area contributed by atoms with Crippen molar-refractivity contribution >= 4 is 17.4 Å². The van der Waals surface area contributed by atoms with E-state index < -0.39 is 0 Å². The van der Waals surface area contributed by atoms with Gasteiger partial charge in [-0.1, -0.05) is 61.9 Å². The van der Waals surface area contributed by atoms with E-state index in [-0.39, 0.29) is 0 Å². The average Bonchev–Trinajstić information content (AvgIpc) is 2.97. The smallest absolute Gasteiger partial charge is 0.0417 e. The van der Waals surface area contributed by atoms with Crippen molar-refractivity contribution in [3.63, 3.8) is 0 Å². The highest BCUT2D eigenvalue weighted by Crippen LogP contribution is 2.22. The third-order valence-corrected chi connectivity index (χ3v) is 4.04. The van der Waals surface area contributed by atoms with Gasteiger partial charge in [-0.3, -0.25) is 0 Å². The molecule has 1 aromatic heterocycles. The minimum Gasteiger partial charge on any atom is -0.306 e. The van der Waals surface area contributed by atoms with Crippen LogP contribution in [0.15, 0.2) is 53.9 Å². The van der Waals surface area contributed by atoms with E-state index in [0.29, 0.717) is 6.04 Å². The van der Waals surface area contributed by atoms with E-state index >= 15 is 0 Å². The lowest BCUT2D eigenvalue weighted by molar-refractivity contribution is 0.529. The van der Waals surface area contributed by atoms with Gasteiger partial charge >= 0.3 is 0 Å². The molecule has 0 radical (unpaired) electrons. The molecule has 1 unspecified atom stereocenters. The summed E-state index contributed by atoms with van der Waals surface area (Å²) in [5.41, 5.74) is 1.26. The van der Waals surface area contributed by atoms with Gasteiger partial charge in [0.1, 0.15) is 0 Å². The Morgan fingerprint density at radius 1 is 1.16 bits per heavy atom. The van der Waals surface area contributed by atoms with E-state index in [9.17, 15) is 0 Å². The SMILES string of the molecule is CCCC(NCC=Cc1ccccc1)c1cccs1. The van der Waals surface area contributed by atoms with Gasteiger partial charge in [0.2, 0.25) is 0 Å². The van der Waals surface area contributed by atoms with Crippen LogP contribution in [0, 0.1) is 0 Å². The molecule has 0 fully saturated rings. The lowest BCUT2D eigenvalue weighted by atomic mass is 10.1. The molecule has 1 heterocycles. The molecule has 2 rings (SSSR count). The van der Waals surface area contributed by atoms with Gasteiger partial charge < -0.3 is 5.32 Å². The zero-order chi connectivity index (χ0) is 13.3. The van der Waals surface area contributed by atoms with Crippen LogP contribution in [0.2, 0.25) is 0 Å². The van der Waals surface area contributed by atoms with E-state index in [1.807, 2.05) is 17.4 Å². The highest BCUT2D eigenvalue weighted by molar-refractivity contribution is 7.10. The Kier molecular flexibility index (Phi) is 5.86. The molecule has 1 atom stereocenters. The molecule has 0 saturated carbocycles. The number of nitrogens with one attached hydrogen (secondary N) is 1. The number of benzene rings is 1. The average molecular weight is 271 g/mol. The first kappa shape index (κ1) is 14.0. The van der Waals surface area contributed by atoms with Crippen LogP contribution in [0.3, 0.4) is 0 Å². The maximum absolute atomic E-state index is 3.62. The standard InChI is InChI=1S/C17H21NS/c1-2-8-16(17-12-7-14-19-17)18-13-6-11-15-9-4-3-5-10-15/h3-7,9-12,14,16,18H,2,8,13H2,1H3. The molecule has 1 nitrogen and oxygen atoms in total. The van der Waals surface area contributed by atoms with Crippen LogP contribution in [0.1, 0.15) is 36.2 Å². The quantitative estimate of drug-likeness (QED) is 0.756. The fraction of sp³-hybridized carbons (Fsp3) is 0.294. The van der Waals surface area contributed by atoms with Gasteiger partial charge in [0.25, 0.3) is 0 Å². The maximum atomic E-state index is 3.62. The molecule has 0 aliphatic carbocycles. The minimum atomic E-state index is 0.491. The summed E-state index contributed by atoms with van der Waals surface area (Å²) < 4.78 is 0. The Balaban J connectivity index is 1.84. The third-order valence-electron chi connectivity index (χ3n) is 3.06. The molecule has 0 bridgehead atoms. The second kappa shape index (κ2) is 7.93. The first-order chi connectivity index (χ1) is 9.40. The first-order valence-electron chi connectivity index (χ1n) is 6.88. The summed E-state index contributed by atoms with van der Waals surface area (Å²) in [6.45, 7) is 3.15. The van der Waals surface area contributed by atoms with Gasteiger partial charge in [-0.15, -0.1) is 11.3 Å². The van der Waals surface area contributed by atoms with Gasteiger partial charge in [0, 0.05) is 17.5 Å². The molecule has 2 aromatic rings. The highest BCUT2D eigenvalue weighted by atomic mass is 32.1. The van der Waals surface area contributed by atoms with Gasteiger partial charge in [0.15, 0.2) is 0 Å². The van der Waals surface area contributed by atoms with Crippen molar-refractivity contribution in [1.82, 2.24) is 5.32 Å². The Morgan fingerprint density at radius 3 is 2.68 bits per heavy atom. The number of rotatable bonds is 7. The van der Waals surface area contributed by atoms with Crippen LogP contribution in [0.4, 0.5) is 0 Å². The van der Waals surface area contributed by atoms with Crippen molar-refractivity contribution in [1.29, 1.82) is 0 Å². The molecule has 1 aromatic carbocycles. The zero-order valence-electron chi connectivity index (χ0n) is 11.4. The summed E-state index contributed by atoms with van der Waals surface area (Å²) in [6.07, 6.45) is 6.77. The Labute approximate surface area is 120 Å².